The molecule has 0 aliphatic carbocycles. The summed E-state index contributed by atoms with van der Waals surface area (Å²) >= 11 is 0. The van der Waals surface area contributed by atoms with Gasteiger partial charge >= 0.3 is 0 Å². The number of hydrogen-bond acceptors (Lipinski definition) is 3. The molecule has 13 heavy (non-hydrogen) atoms. The second-order valence-corrected chi connectivity index (χ2v) is 3.49. The maximum atomic E-state index is 9.30. The van der Waals surface area contributed by atoms with Crippen molar-refractivity contribution in [2.45, 2.75) is 12.3 Å². The molecule has 2 N–H and O–H groups in total. The summed E-state index contributed by atoms with van der Waals surface area (Å²) in [6.45, 7) is 2.88. The highest BCUT2D eigenvalue weighted by Crippen LogP contribution is 2.20. The van der Waals surface area contributed by atoms with E-state index in [1.54, 1.807) is 12.4 Å². The summed E-state index contributed by atoms with van der Waals surface area (Å²) < 4.78 is 0. The maximum absolute atomic E-state index is 9.30. The van der Waals surface area contributed by atoms with E-state index in [-0.39, 0.29) is 12.0 Å². The van der Waals surface area contributed by atoms with E-state index in [4.69, 9.17) is 0 Å². The maximum Gasteiger partial charge on any atom is 0.0538 e. The second kappa shape index (κ2) is 4.35. The van der Waals surface area contributed by atoms with Crippen molar-refractivity contribution in [1.82, 2.24) is 10.3 Å². The zero-order valence-electron chi connectivity index (χ0n) is 8.12. The Labute approximate surface area is 78.8 Å². The molecule has 0 radical (unpaired) electrons. The number of rotatable bonds is 4. The molecule has 3 nitrogen and oxygen atoms in total. The van der Waals surface area contributed by atoms with Gasteiger partial charge in [-0.3, -0.25) is 4.98 Å². The Balaban J connectivity index is 2.89. The van der Waals surface area contributed by atoms with Gasteiger partial charge in [0.1, 0.15) is 0 Å². The molecule has 0 spiro atoms. The van der Waals surface area contributed by atoms with E-state index >= 15 is 0 Å². The van der Waals surface area contributed by atoms with Gasteiger partial charge in [0.15, 0.2) is 0 Å². The Morgan fingerprint density at radius 2 is 2.38 bits per heavy atom. The third-order valence-electron chi connectivity index (χ3n) is 2.27. The van der Waals surface area contributed by atoms with Crippen LogP contribution in [0.4, 0.5) is 0 Å². The first-order valence-corrected chi connectivity index (χ1v) is 4.39. The van der Waals surface area contributed by atoms with Crippen LogP contribution in [0.2, 0.25) is 0 Å². The zero-order valence-corrected chi connectivity index (χ0v) is 8.12. The van der Waals surface area contributed by atoms with Gasteiger partial charge in [-0.1, -0.05) is 13.0 Å². The summed E-state index contributed by atoms with van der Waals surface area (Å²) in [4.78, 5) is 4.04. The number of nitrogens with zero attached hydrogens (tertiary/aromatic N) is 1. The molecule has 3 heteroatoms. The van der Waals surface area contributed by atoms with Crippen molar-refractivity contribution in [2.24, 2.45) is 0 Å². The van der Waals surface area contributed by atoms with Gasteiger partial charge in [-0.2, -0.15) is 0 Å². The van der Waals surface area contributed by atoms with Crippen LogP contribution in [0.5, 0.6) is 0 Å². The van der Waals surface area contributed by atoms with E-state index in [1.807, 2.05) is 26.1 Å². The van der Waals surface area contributed by atoms with E-state index < -0.39 is 0 Å². The third kappa shape index (κ3) is 2.26. The van der Waals surface area contributed by atoms with E-state index in [9.17, 15) is 5.11 Å². The molecule has 0 amide bonds. The lowest BCUT2D eigenvalue weighted by atomic mass is 9.84. The van der Waals surface area contributed by atoms with Crippen LogP contribution in [0.25, 0.3) is 0 Å². The van der Waals surface area contributed by atoms with Crippen molar-refractivity contribution in [3.8, 4) is 0 Å². The molecule has 0 saturated carbocycles. The smallest absolute Gasteiger partial charge is 0.0538 e. The first-order valence-electron chi connectivity index (χ1n) is 4.39. The molecule has 0 bridgehead atoms. The highest BCUT2D eigenvalue weighted by molar-refractivity contribution is 5.21. The Morgan fingerprint density at radius 3 is 2.85 bits per heavy atom. The minimum atomic E-state index is -0.233. The fraction of sp³-hybridized carbons (Fsp3) is 0.500. The molecule has 1 aromatic rings. The lowest BCUT2D eigenvalue weighted by Crippen LogP contribution is -2.37. The standard InChI is InChI=1S/C10H16N2O/c1-10(8-13,7-11-2)9-4-3-5-12-6-9/h3-6,11,13H,7-8H2,1-2H3. The predicted molar refractivity (Wildman–Crippen MR) is 52.6 cm³/mol. The van der Waals surface area contributed by atoms with Crippen LogP contribution in [0, 0.1) is 0 Å². The quantitative estimate of drug-likeness (QED) is 0.711. The molecule has 72 valence electrons. The van der Waals surface area contributed by atoms with Crippen LogP contribution >= 0.6 is 0 Å². The summed E-state index contributed by atoms with van der Waals surface area (Å²) in [7, 11) is 1.88. The summed E-state index contributed by atoms with van der Waals surface area (Å²) in [5, 5.41) is 12.4. The van der Waals surface area contributed by atoms with Gasteiger partial charge in [0.2, 0.25) is 0 Å². The fourth-order valence-electron chi connectivity index (χ4n) is 1.36. The predicted octanol–water partition coefficient (Wildman–Crippen LogP) is 0.551. The molecule has 1 atom stereocenters. The van der Waals surface area contributed by atoms with E-state index in [2.05, 4.69) is 10.3 Å². The molecule has 0 aromatic carbocycles. The number of aromatic nitrogens is 1. The Hall–Kier alpha value is -0.930. The van der Waals surface area contributed by atoms with Gasteiger partial charge in [-0.25, -0.2) is 0 Å². The Morgan fingerprint density at radius 1 is 1.62 bits per heavy atom. The summed E-state index contributed by atoms with van der Waals surface area (Å²) in [6.07, 6.45) is 3.54. The molecule has 1 aromatic heterocycles. The molecule has 0 saturated heterocycles. The minimum absolute atomic E-state index is 0.125. The summed E-state index contributed by atoms with van der Waals surface area (Å²) in [5.41, 5.74) is 0.829. The Kier molecular flexibility index (Phi) is 3.39. The van der Waals surface area contributed by atoms with Gasteiger partial charge in [-0.15, -0.1) is 0 Å². The topological polar surface area (TPSA) is 45.1 Å². The van der Waals surface area contributed by atoms with Gasteiger partial charge in [0, 0.05) is 24.4 Å². The SMILES string of the molecule is CNCC(C)(CO)c1cccnc1. The van der Waals surface area contributed by atoms with Crippen LogP contribution in [-0.2, 0) is 5.41 Å². The van der Waals surface area contributed by atoms with Crippen LogP contribution < -0.4 is 5.32 Å². The minimum Gasteiger partial charge on any atom is -0.395 e. The molecule has 0 fully saturated rings. The van der Waals surface area contributed by atoms with Crippen molar-refractivity contribution < 1.29 is 5.11 Å². The van der Waals surface area contributed by atoms with Crippen LogP contribution in [0.1, 0.15) is 12.5 Å². The first kappa shape index (κ1) is 10.2. The lowest BCUT2D eigenvalue weighted by molar-refractivity contribution is 0.203. The highest BCUT2D eigenvalue weighted by Gasteiger charge is 2.24. The van der Waals surface area contributed by atoms with Crippen molar-refractivity contribution >= 4 is 0 Å². The molecule has 1 unspecified atom stereocenters. The summed E-state index contributed by atoms with van der Waals surface area (Å²) in [5.74, 6) is 0. The van der Waals surface area contributed by atoms with Crippen molar-refractivity contribution in [3.05, 3.63) is 30.1 Å². The summed E-state index contributed by atoms with van der Waals surface area (Å²) in [6, 6.07) is 3.87. The van der Waals surface area contributed by atoms with Crippen molar-refractivity contribution in [1.29, 1.82) is 0 Å². The lowest BCUT2D eigenvalue weighted by Gasteiger charge is -2.26. The molecule has 0 aliphatic heterocycles. The second-order valence-electron chi connectivity index (χ2n) is 3.49. The van der Waals surface area contributed by atoms with Crippen LogP contribution in [0.15, 0.2) is 24.5 Å². The largest absolute Gasteiger partial charge is 0.395 e. The van der Waals surface area contributed by atoms with Gasteiger partial charge in [-0.05, 0) is 18.7 Å². The van der Waals surface area contributed by atoms with E-state index in [0.29, 0.717) is 0 Å². The fourth-order valence-corrected chi connectivity index (χ4v) is 1.36. The average Bonchev–Trinajstić information content (AvgIpc) is 2.19. The van der Waals surface area contributed by atoms with Gasteiger partial charge in [0.25, 0.3) is 0 Å². The van der Waals surface area contributed by atoms with Crippen molar-refractivity contribution in [2.75, 3.05) is 20.2 Å². The van der Waals surface area contributed by atoms with Gasteiger partial charge in [0.05, 0.1) is 6.61 Å². The number of pyridine rings is 1. The normalized spacial score (nSPS) is 15.3. The zero-order chi connectivity index (χ0) is 9.73. The number of likely N-dealkylation sites (N-methyl/N-ethyl adjacent to an activating group) is 1. The molecular weight excluding hydrogens is 164 g/mol. The number of nitrogens with one attached hydrogen (secondary N) is 1. The van der Waals surface area contributed by atoms with Gasteiger partial charge < -0.3 is 10.4 Å². The molecule has 0 aliphatic rings. The third-order valence-corrected chi connectivity index (χ3v) is 2.27. The van der Waals surface area contributed by atoms with E-state index in [0.717, 1.165) is 12.1 Å². The Bertz CT molecular complexity index is 250. The number of aliphatic hydroxyl groups excluding tert-OH is 1. The highest BCUT2D eigenvalue weighted by atomic mass is 16.3. The number of aliphatic hydroxyl groups is 1. The first-order chi connectivity index (χ1) is 6.23. The molecule has 1 rings (SSSR count). The monoisotopic (exact) mass is 180 g/mol. The van der Waals surface area contributed by atoms with E-state index in [1.165, 1.54) is 0 Å². The van der Waals surface area contributed by atoms with Crippen LogP contribution in [-0.4, -0.2) is 30.3 Å². The molecular formula is C10H16N2O. The van der Waals surface area contributed by atoms with Crippen LogP contribution in [0.3, 0.4) is 0 Å². The molecule has 1 heterocycles. The number of hydrogen-bond donors (Lipinski definition) is 2. The van der Waals surface area contributed by atoms with Crippen molar-refractivity contribution in [3.63, 3.8) is 0 Å². The average molecular weight is 180 g/mol.